The number of hydrogen-bond donors (Lipinski definition) is 1. The highest BCUT2D eigenvalue weighted by molar-refractivity contribution is 7.89. The fourth-order valence-electron chi connectivity index (χ4n) is 2.29. The smallest absolute Gasteiger partial charge is 0.241 e. The molecule has 3 rings (SSSR count). The number of sulfonamides is 1. The zero-order valence-corrected chi connectivity index (χ0v) is 11.4. The number of nitrogens with one attached hydrogen (secondary N) is 1. The van der Waals surface area contributed by atoms with Crippen LogP contribution in [0, 0.1) is 11.8 Å². The van der Waals surface area contributed by atoms with Gasteiger partial charge in [0.05, 0.1) is 4.90 Å². The van der Waals surface area contributed by atoms with Crippen molar-refractivity contribution in [1.29, 1.82) is 0 Å². The molecule has 0 spiro atoms. The Hall–Kier alpha value is -0.650. The third-order valence-electron chi connectivity index (χ3n) is 3.56. The lowest BCUT2D eigenvalue weighted by Crippen LogP contribution is -2.38. The first kappa shape index (κ1) is 12.4. The molecular weight excluding hydrogens is 272 g/mol. The highest BCUT2D eigenvalue weighted by Gasteiger charge is 2.43. The van der Waals surface area contributed by atoms with Gasteiger partial charge in [-0.3, -0.25) is 0 Å². The minimum absolute atomic E-state index is 0.113. The third-order valence-corrected chi connectivity index (χ3v) is 5.22. The largest absolute Gasteiger partial charge is 0.244 e. The summed E-state index contributed by atoms with van der Waals surface area (Å²) in [7, 11) is -3.47. The first-order valence-corrected chi connectivity index (χ1v) is 8.06. The number of nitrogens with zero attached hydrogens (tertiary/aromatic N) is 1. The number of rotatable bonds is 5. The molecule has 0 bridgehead atoms. The van der Waals surface area contributed by atoms with Gasteiger partial charge in [-0.05, 0) is 49.7 Å². The number of halogens is 1. The van der Waals surface area contributed by atoms with Crippen molar-refractivity contribution in [2.24, 2.45) is 11.8 Å². The highest BCUT2D eigenvalue weighted by Crippen LogP contribution is 2.45. The van der Waals surface area contributed by atoms with Gasteiger partial charge in [0.25, 0.3) is 0 Å². The summed E-state index contributed by atoms with van der Waals surface area (Å²) in [6, 6.07) is 2.98. The fourth-order valence-corrected chi connectivity index (χ4v) is 3.91. The maximum Gasteiger partial charge on any atom is 0.241 e. The van der Waals surface area contributed by atoms with Crippen LogP contribution in [0.1, 0.15) is 25.7 Å². The molecule has 2 saturated carbocycles. The van der Waals surface area contributed by atoms with Crippen molar-refractivity contribution in [1.82, 2.24) is 9.71 Å². The first-order chi connectivity index (χ1) is 8.56. The van der Waals surface area contributed by atoms with Crippen LogP contribution in [0.4, 0.5) is 0 Å². The van der Waals surface area contributed by atoms with Crippen molar-refractivity contribution in [3.63, 3.8) is 0 Å². The van der Waals surface area contributed by atoms with E-state index in [1.54, 1.807) is 0 Å². The molecule has 98 valence electrons. The van der Waals surface area contributed by atoms with Crippen LogP contribution in [0.3, 0.4) is 0 Å². The van der Waals surface area contributed by atoms with Gasteiger partial charge in [0.15, 0.2) is 0 Å². The summed E-state index contributed by atoms with van der Waals surface area (Å²) >= 11 is 5.73. The quantitative estimate of drug-likeness (QED) is 0.844. The molecule has 2 aliphatic rings. The van der Waals surface area contributed by atoms with E-state index in [0.717, 1.165) is 25.7 Å². The van der Waals surface area contributed by atoms with Crippen molar-refractivity contribution in [3.05, 3.63) is 23.5 Å². The second-order valence-corrected chi connectivity index (χ2v) is 7.24. The molecular formula is C12H15ClN2O2S. The molecule has 0 atom stereocenters. The van der Waals surface area contributed by atoms with E-state index in [1.165, 1.54) is 18.3 Å². The summed E-state index contributed by atoms with van der Waals surface area (Å²) in [5.74, 6) is 1.06. The van der Waals surface area contributed by atoms with E-state index >= 15 is 0 Å². The number of pyridine rings is 1. The molecule has 2 fully saturated rings. The molecule has 0 radical (unpaired) electrons. The topological polar surface area (TPSA) is 59.1 Å². The molecule has 1 aromatic heterocycles. The number of hydrogen-bond acceptors (Lipinski definition) is 3. The Kier molecular flexibility index (Phi) is 3.08. The molecule has 1 N–H and O–H groups in total. The van der Waals surface area contributed by atoms with Gasteiger partial charge < -0.3 is 0 Å². The Bertz CT molecular complexity index is 541. The van der Waals surface area contributed by atoms with Crippen molar-refractivity contribution in [3.8, 4) is 0 Å². The molecule has 0 unspecified atom stereocenters. The zero-order chi connectivity index (χ0) is 12.8. The van der Waals surface area contributed by atoms with Gasteiger partial charge >= 0.3 is 0 Å². The summed E-state index contributed by atoms with van der Waals surface area (Å²) in [6.07, 6.45) is 5.98. The van der Waals surface area contributed by atoms with Gasteiger partial charge in [-0.25, -0.2) is 18.1 Å². The van der Waals surface area contributed by atoms with E-state index in [2.05, 4.69) is 9.71 Å². The minimum atomic E-state index is -3.47. The van der Waals surface area contributed by atoms with Gasteiger partial charge in [-0.1, -0.05) is 11.6 Å². The fraction of sp³-hybridized carbons (Fsp3) is 0.583. The molecule has 0 amide bonds. The van der Waals surface area contributed by atoms with E-state index in [-0.39, 0.29) is 16.1 Å². The number of aromatic nitrogens is 1. The average Bonchev–Trinajstić information content (AvgIpc) is 3.17. The zero-order valence-electron chi connectivity index (χ0n) is 9.84. The second kappa shape index (κ2) is 4.47. The normalized spacial score (nSPS) is 20.3. The lowest BCUT2D eigenvalue weighted by atomic mass is 10.1. The van der Waals surface area contributed by atoms with E-state index in [4.69, 9.17) is 11.6 Å². The molecule has 4 nitrogen and oxygen atoms in total. The van der Waals surface area contributed by atoms with Crippen LogP contribution >= 0.6 is 11.6 Å². The molecule has 1 aromatic rings. The van der Waals surface area contributed by atoms with Crippen molar-refractivity contribution in [2.75, 3.05) is 0 Å². The van der Waals surface area contributed by atoms with Gasteiger partial charge in [0.2, 0.25) is 10.0 Å². The monoisotopic (exact) mass is 286 g/mol. The van der Waals surface area contributed by atoms with Crippen LogP contribution < -0.4 is 4.72 Å². The molecule has 0 saturated heterocycles. The average molecular weight is 287 g/mol. The van der Waals surface area contributed by atoms with Gasteiger partial charge in [0, 0.05) is 12.2 Å². The lowest BCUT2D eigenvalue weighted by Gasteiger charge is -2.17. The van der Waals surface area contributed by atoms with Crippen LogP contribution in [0.2, 0.25) is 5.15 Å². The predicted octanol–water partition coefficient (Wildman–Crippen LogP) is 2.20. The van der Waals surface area contributed by atoms with E-state index in [1.807, 2.05) is 0 Å². The van der Waals surface area contributed by atoms with E-state index < -0.39 is 10.0 Å². The van der Waals surface area contributed by atoms with Crippen molar-refractivity contribution < 1.29 is 8.42 Å². The molecule has 2 aliphatic carbocycles. The Morgan fingerprint density at radius 1 is 1.28 bits per heavy atom. The van der Waals surface area contributed by atoms with Gasteiger partial charge in [-0.2, -0.15) is 0 Å². The Morgan fingerprint density at radius 2 is 1.89 bits per heavy atom. The van der Waals surface area contributed by atoms with Crippen molar-refractivity contribution >= 4 is 21.6 Å². The molecule has 0 aliphatic heterocycles. The van der Waals surface area contributed by atoms with Crippen LogP contribution in [-0.2, 0) is 10.0 Å². The second-order valence-electron chi connectivity index (χ2n) is 5.14. The SMILES string of the molecule is O=S(=O)(NC(C1CC1)C1CC1)c1ccnc(Cl)c1. The summed E-state index contributed by atoms with van der Waals surface area (Å²) in [6.45, 7) is 0. The Balaban J connectivity index is 1.81. The minimum Gasteiger partial charge on any atom is -0.244 e. The lowest BCUT2D eigenvalue weighted by molar-refractivity contribution is 0.471. The standard InChI is InChI=1S/C12H15ClN2O2S/c13-11-7-10(5-6-14-11)18(16,17)15-12(8-1-2-8)9-3-4-9/h5-9,12,15H,1-4H2. The molecule has 18 heavy (non-hydrogen) atoms. The molecule has 0 aromatic carbocycles. The summed E-state index contributed by atoms with van der Waals surface area (Å²) in [4.78, 5) is 4.00. The van der Waals surface area contributed by atoms with Crippen LogP contribution in [-0.4, -0.2) is 19.4 Å². The van der Waals surface area contributed by atoms with E-state index in [0.29, 0.717) is 11.8 Å². The van der Waals surface area contributed by atoms with Gasteiger partial charge in [-0.15, -0.1) is 0 Å². The maximum absolute atomic E-state index is 12.3. The molecule has 1 heterocycles. The van der Waals surface area contributed by atoms with Crippen LogP contribution in [0.25, 0.3) is 0 Å². The van der Waals surface area contributed by atoms with Gasteiger partial charge in [0.1, 0.15) is 5.15 Å². The van der Waals surface area contributed by atoms with Crippen molar-refractivity contribution in [2.45, 2.75) is 36.6 Å². The van der Waals surface area contributed by atoms with Crippen LogP contribution in [0.15, 0.2) is 23.2 Å². The summed E-state index contributed by atoms with van der Waals surface area (Å²) < 4.78 is 27.4. The predicted molar refractivity (Wildman–Crippen MR) is 68.8 cm³/mol. The third kappa shape index (κ3) is 2.68. The molecule has 6 heteroatoms. The Morgan fingerprint density at radius 3 is 2.39 bits per heavy atom. The Labute approximate surface area is 112 Å². The summed E-state index contributed by atoms with van der Waals surface area (Å²) in [5.41, 5.74) is 0. The first-order valence-electron chi connectivity index (χ1n) is 6.20. The van der Waals surface area contributed by atoms with Crippen LogP contribution in [0.5, 0.6) is 0 Å². The van der Waals surface area contributed by atoms with E-state index in [9.17, 15) is 8.42 Å². The highest BCUT2D eigenvalue weighted by atomic mass is 35.5. The maximum atomic E-state index is 12.3. The summed E-state index contributed by atoms with van der Waals surface area (Å²) in [5, 5.41) is 0.201.